The fraction of sp³-hybridized carbons (Fsp3) is 0.625. The Kier molecular flexibility index (Phi) is 7.78. The van der Waals surface area contributed by atoms with Gasteiger partial charge in [-0.1, -0.05) is 19.9 Å². The monoisotopic (exact) mass is 357 g/mol. The maximum absolute atomic E-state index is 12.4. The van der Waals surface area contributed by atoms with Crippen LogP contribution >= 0.6 is 0 Å². The van der Waals surface area contributed by atoms with Gasteiger partial charge in [0.05, 0.1) is 9.82 Å². The summed E-state index contributed by atoms with van der Waals surface area (Å²) in [6.07, 6.45) is 1.60. The molecule has 1 aromatic carbocycles. The summed E-state index contributed by atoms with van der Waals surface area (Å²) in [5.41, 5.74) is 0.248. The third-order valence-corrected chi connectivity index (χ3v) is 5.64. The van der Waals surface area contributed by atoms with Crippen molar-refractivity contribution in [3.05, 3.63) is 33.9 Å². The van der Waals surface area contributed by atoms with E-state index >= 15 is 0 Å². The van der Waals surface area contributed by atoms with Crippen LogP contribution in [0.3, 0.4) is 0 Å². The molecule has 0 aliphatic carbocycles. The van der Waals surface area contributed by atoms with Crippen molar-refractivity contribution in [1.82, 2.24) is 9.62 Å². The van der Waals surface area contributed by atoms with Crippen molar-refractivity contribution in [3.63, 3.8) is 0 Å². The molecule has 0 aromatic heterocycles. The molecule has 0 heterocycles. The first-order valence-electron chi connectivity index (χ1n) is 8.21. The van der Waals surface area contributed by atoms with Crippen LogP contribution in [0, 0.1) is 17.0 Å². The fourth-order valence-electron chi connectivity index (χ4n) is 2.51. The average molecular weight is 357 g/mol. The first-order valence-corrected chi connectivity index (χ1v) is 9.69. The van der Waals surface area contributed by atoms with Gasteiger partial charge in [-0.2, -0.15) is 0 Å². The summed E-state index contributed by atoms with van der Waals surface area (Å²) in [6, 6.07) is 3.73. The third-order valence-electron chi connectivity index (χ3n) is 4.05. The summed E-state index contributed by atoms with van der Waals surface area (Å²) in [5, 5.41) is 11.0. The van der Waals surface area contributed by atoms with Gasteiger partial charge in [-0.3, -0.25) is 10.1 Å². The number of hydrogen-bond acceptors (Lipinski definition) is 5. The minimum atomic E-state index is -3.76. The van der Waals surface area contributed by atoms with Crippen LogP contribution in [-0.2, 0) is 10.0 Å². The van der Waals surface area contributed by atoms with Crippen molar-refractivity contribution in [3.8, 4) is 0 Å². The summed E-state index contributed by atoms with van der Waals surface area (Å²) in [6.45, 7) is 10.5. The number of benzene rings is 1. The Morgan fingerprint density at radius 1 is 1.29 bits per heavy atom. The first kappa shape index (κ1) is 20.5. The second kappa shape index (κ2) is 9.10. The van der Waals surface area contributed by atoms with Gasteiger partial charge in [0.2, 0.25) is 10.0 Å². The van der Waals surface area contributed by atoms with Gasteiger partial charge in [-0.05, 0) is 52.4 Å². The van der Waals surface area contributed by atoms with Crippen LogP contribution in [0.2, 0.25) is 0 Å². The van der Waals surface area contributed by atoms with E-state index in [0.717, 1.165) is 32.1 Å². The Morgan fingerprint density at radius 3 is 2.46 bits per heavy atom. The molecular weight excluding hydrogens is 330 g/mol. The topological polar surface area (TPSA) is 92.6 Å². The highest BCUT2D eigenvalue weighted by Gasteiger charge is 2.21. The normalized spacial score (nSPS) is 13.2. The van der Waals surface area contributed by atoms with Gasteiger partial charge in [-0.25, -0.2) is 13.1 Å². The van der Waals surface area contributed by atoms with Crippen LogP contribution in [0.15, 0.2) is 23.1 Å². The van der Waals surface area contributed by atoms with E-state index < -0.39 is 14.9 Å². The highest BCUT2D eigenvalue weighted by atomic mass is 32.2. The molecule has 0 radical (unpaired) electrons. The third kappa shape index (κ3) is 5.85. The Bertz CT molecular complexity index is 657. The molecule has 1 atom stereocenters. The molecule has 1 rings (SSSR count). The molecule has 136 valence electrons. The summed E-state index contributed by atoms with van der Waals surface area (Å²) in [5.74, 6) is 0. The molecule has 0 fully saturated rings. The van der Waals surface area contributed by atoms with Gasteiger partial charge < -0.3 is 4.90 Å². The van der Waals surface area contributed by atoms with Crippen molar-refractivity contribution in [2.24, 2.45) is 0 Å². The first-order chi connectivity index (χ1) is 11.2. The lowest BCUT2D eigenvalue weighted by Gasteiger charge is -2.19. The second-order valence-corrected chi connectivity index (χ2v) is 7.61. The number of hydrogen-bond donors (Lipinski definition) is 1. The van der Waals surface area contributed by atoms with Gasteiger partial charge in [0, 0.05) is 17.7 Å². The van der Waals surface area contributed by atoms with Crippen LogP contribution in [-0.4, -0.2) is 43.9 Å². The lowest BCUT2D eigenvalue weighted by Crippen LogP contribution is -2.33. The number of sulfonamides is 1. The minimum absolute atomic E-state index is 0.0737. The molecular formula is C16H27N3O4S. The van der Waals surface area contributed by atoms with Gasteiger partial charge in [0.15, 0.2) is 0 Å². The molecule has 8 heteroatoms. The number of nitrogens with zero attached hydrogens (tertiary/aromatic N) is 2. The Morgan fingerprint density at radius 2 is 1.92 bits per heavy atom. The molecule has 0 amide bonds. The molecule has 0 saturated carbocycles. The molecule has 0 saturated heterocycles. The van der Waals surface area contributed by atoms with Crippen molar-refractivity contribution < 1.29 is 13.3 Å². The van der Waals surface area contributed by atoms with E-state index in [1.807, 2.05) is 6.92 Å². The summed E-state index contributed by atoms with van der Waals surface area (Å²) >= 11 is 0. The number of nitrogens with one attached hydrogen (secondary N) is 1. The molecule has 1 aromatic rings. The predicted octanol–water partition coefficient (Wildman–Crippen LogP) is 2.69. The molecule has 0 aliphatic heterocycles. The Hall–Kier alpha value is -1.51. The highest BCUT2D eigenvalue weighted by molar-refractivity contribution is 7.89. The van der Waals surface area contributed by atoms with Gasteiger partial charge >= 0.3 is 0 Å². The Balaban J connectivity index is 2.72. The number of nitro benzene ring substituents is 1. The minimum Gasteiger partial charge on any atom is -0.304 e. The van der Waals surface area contributed by atoms with Crippen molar-refractivity contribution in [1.29, 1.82) is 0 Å². The van der Waals surface area contributed by atoms with E-state index in [0.29, 0.717) is 12.0 Å². The zero-order chi connectivity index (χ0) is 18.3. The number of nitro groups is 1. The summed E-state index contributed by atoms with van der Waals surface area (Å²) in [4.78, 5) is 12.6. The van der Waals surface area contributed by atoms with Gasteiger partial charge in [0.25, 0.3) is 5.69 Å². The van der Waals surface area contributed by atoms with Crippen LogP contribution in [0.25, 0.3) is 0 Å². The molecule has 24 heavy (non-hydrogen) atoms. The molecule has 0 unspecified atom stereocenters. The molecule has 0 bridgehead atoms. The van der Waals surface area contributed by atoms with E-state index in [9.17, 15) is 18.5 Å². The van der Waals surface area contributed by atoms with Crippen LogP contribution < -0.4 is 4.72 Å². The van der Waals surface area contributed by atoms with E-state index in [4.69, 9.17) is 0 Å². The SMILES string of the molecule is CCN(CC)CCC[C@H](C)NS(=O)(=O)c1ccc(C)c([N+](=O)[O-])c1. The van der Waals surface area contributed by atoms with Crippen LogP contribution in [0.4, 0.5) is 5.69 Å². The van der Waals surface area contributed by atoms with E-state index in [2.05, 4.69) is 23.5 Å². The average Bonchev–Trinajstić information content (AvgIpc) is 2.51. The molecule has 0 spiro atoms. The fourth-order valence-corrected chi connectivity index (χ4v) is 3.80. The highest BCUT2D eigenvalue weighted by Crippen LogP contribution is 2.22. The number of rotatable bonds is 10. The lowest BCUT2D eigenvalue weighted by atomic mass is 10.2. The molecule has 1 N–H and O–H groups in total. The summed E-state index contributed by atoms with van der Waals surface area (Å²) in [7, 11) is -3.76. The van der Waals surface area contributed by atoms with Crippen LogP contribution in [0.5, 0.6) is 0 Å². The van der Waals surface area contributed by atoms with Crippen LogP contribution in [0.1, 0.15) is 39.2 Å². The van der Waals surface area contributed by atoms with E-state index in [1.54, 1.807) is 6.92 Å². The lowest BCUT2D eigenvalue weighted by molar-refractivity contribution is -0.385. The van der Waals surface area contributed by atoms with Crippen molar-refractivity contribution in [2.75, 3.05) is 19.6 Å². The second-order valence-electron chi connectivity index (χ2n) is 5.90. The molecule has 7 nitrogen and oxygen atoms in total. The van der Waals surface area contributed by atoms with E-state index in [-0.39, 0.29) is 16.6 Å². The predicted molar refractivity (Wildman–Crippen MR) is 94.6 cm³/mol. The quantitative estimate of drug-likeness (QED) is 0.513. The number of aryl methyl sites for hydroxylation is 1. The van der Waals surface area contributed by atoms with Crippen molar-refractivity contribution >= 4 is 15.7 Å². The van der Waals surface area contributed by atoms with Gasteiger partial charge in [0.1, 0.15) is 0 Å². The van der Waals surface area contributed by atoms with Crippen molar-refractivity contribution in [2.45, 2.75) is 51.5 Å². The largest absolute Gasteiger partial charge is 0.304 e. The smallest absolute Gasteiger partial charge is 0.273 e. The zero-order valence-electron chi connectivity index (χ0n) is 14.8. The molecule has 0 aliphatic rings. The maximum Gasteiger partial charge on any atom is 0.273 e. The maximum atomic E-state index is 12.4. The standard InChI is InChI=1S/C16H27N3O4S/c1-5-18(6-2)11-7-8-14(4)17-24(22,23)15-10-9-13(3)16(12-15)19(20)21/h9-10,12,14,17H,5-8,11H2,1-4H3/t14-/m0/s1. The summed E-state index contributed by atoms with van der Waals surface area (Å²) < 4.78 is 27.4. The van der Waals surface area contributed by atoms with E-state index in [1.165, 1.54) is 12.1 Å². The Labute approximate surface area is 144 Å². The van der Waals surface area contributed by atoms with Gasteiger partial charge in [-0.15, -0.1) is 0 Å². The zero-order valence-corrected chi connectivity index (χ0v) is 15.6.